The summed E-state index contributed by atoms with van der Waals surface area (Å²) in [7, 11) is 0. The van der Waals surface area contributed by atoms with E-state index in [9.17, 15) is 24.8 Å². The average Bonchev–Trinajstić information content (AvgIpc) is 3.28. The number of rotatable bonds is 5. The molecule has 0 amide bonds. The number of aryl methyl sites for hydroxylation is 1. The van der Waals surface area contributed by atoms with Crippen LogP contribution >= 0.6 is 11.3 Å². The number of hydrogen-bond acceptors (Lipinski definition) is 7. The fourth-order valence-corrected chi connectivity index (χ4v) is 5.04. The predicted octanol–water partition coefficient (Wildman–Crippen LogP) is 2.84. The number of hydrogen-bond donors (Lipinski definition) is 4. The fraction of sp³-hybridized carbons (Fsp3) is 0.320. The van der Waals surface area contributed by atoms with E-state index in [1.807, 2.05) is 37.3 Å². The number of nitrogens with zero attached hydrogens (tertiary/aromatic N) is 1. The molecule has 0 unspecified atom stereocenters. The summed E-state index contributed by atoms with van der Waals surface area (Å²) in [6, 6.07) is 15.9. The first kappa shape index (κ1) is 23.5. The van der Waals surface area contributed by atoms with Gasteiger partial charge in [0, 0.05) is 16.2 Å². The molecular weight excluding hydrogens is 445 g/mol. The number of aliphatic hydroxyl groups excluding tert-OH is 4. The third-order valence-electron chi connectivity index (χ3n) is 5.99. The van der Waals surface area contributed by atoms with Crippen LogP contribution in [-0.4, -0.2) is 51.4 Å². The van der Waals surface area contributed by atoms with E-state index in [1.165, 1.54) is 12.1 Å². The van der Waals surface area contributed by atoms with Crippen LogP contribution in [0, 0.1) is 24.1 Å². The average molecular weight is 470 g/mol. The lowest BCUT2D eigenvalue weighted by Gasteiger charge is -2.40. The normalized spacial score (nSPS) is 25.1. The largest absolute Gasteiger partial charge is 0.394 e. The molecular formula is C25H24FNO5S. The van der Waals surface area contributed by atoms with Crippen LogP contribution in [0.25, 0.3) is 10.4 Å². The van der Waals surface area contributed by atoms with E-state index in [2.05, 4.69) is 0 Å². The Morgan fingerprint density at radius 1 is 1.03 bits per heavy atom. The first-order valence-corrected chi connectivity index (χ1v) is 11.3. The number of thiophene rings is 1. The smallest absolute Gasteiger partial charge is 0.140 e. The summed E-state index contributed by atoms with van der Waals surface area (Å²) in [5.41, 5.74) is 3.45. The first-order valence-electron chi connectivity index (χ1n) is 10.5. The Morgan fingerprint density at radius 3 is 2.55 bits per heavy atom. The second-order valence-electron chi connectivity index (χ2n) is 8.18. The van der Waals surface area contributed by atoms with Gasteiger partial charge in [-0.2, -0.15) is 5.26 Å². The molecule has 1 aliphatic heterocycles. The maximum absolute atomic E-state index is 13.6. The van der Waals surface area contributed by atoms with Crippen molar-refractivity contribution >= 4 is 11.3 Å². The van der Waals surface area contributed by atoms with E-state index in [0.717, 1.165) is 26.4 Å². The lowest BCUT2D eigenvalue weighted by atomic mass is 9.89. The molecule has 33 heavy (non-hydrogen) atoms. The van der Waals surface area contributed by atoms with Gasteiger partial charge in [0.1, 0.15) is 42.4 Å². The number of aliphatic hydroxyl groups is 4. The minimum atomic E-state index is -1.43. The highest BCUT2D eigenvalue weighted by Gasteiger charge is 2.43. The van der Waals surface area contributed by atoms with Crippen molar-refractivity contribution in [1.82, 2.24) is 0 Å². The van der Waals surface area contributed by atoms with Gasteiger partial charge < -0.3 is 25.2 Å². The second kappa shape index (κ2) is 9.69. The summed E-state index contributed by atoms with van der Waals surface area (Å²) in [5.74, 6) is -0.543. The van der Waals surface area contributed by atoms with E-state index in [0.29, 0.717) is 12.0 Å². The maximum Gasteiger partial charge on any atom is 0.140 e. The van der Waals surface area contributed by atoms with Crippen molar-refractivity contribution in [1.29, 1.82) is 5.26 Å². The molecule has 172 valence electrons. The molecule has 2 aromatic carbocycles. The van der Waals surface area contributed by atoms with Crippen LogP contribution in [0.3, 0.4) is 0 Å². The Balaban J connectivity index is 1.58. The molecule has 1 aromatic heterocycles. The SMILES string of the molecule is Cc1ccc([C@@H]2O[C@H](CO)[C@@H](O)[C@H](O)[C@H]2O)cc1Cc1ccc(-c2ccc(F)c(C#N)c2)s1. The highest BCUT2D eigenvalue weighted by Crippen LogP contribution is 2.35. The zero-order chi connectivity index (χ0) is 23.7. The molecule has 1 fully saturated rings. The van der Waals surface area contributed by atoms with Gasteiger partial charge in [0.2, 0.25) is 0 Å². The van der Waals surface area contributed by atoms with Gasteiger partial charge in [0.05, 0.1) is 12.2 Å². The summed E-state index contributed by atoms with van der Waals surface area (Å²) in [4.78, 5) is 1.98. The third kappa shape index (κ3) is 4.70. The summed E-state index contributed by atoms with van der Waals surface area (Å²) >= 11 is 1.54. The standard InChI is InChI=1S/C25H24FNO5S/c1-13-2-3-15(25-24(31)23(30)22(29)20(12-28)32-25)9-16(13)10-18-5-7-21(33-18)14-4-6-19(26)17(8-14)11-27/h2-9,20,22-25,28-31H,10,12H2,1H3/t20-,22-,23+,24-,25+/m1/s1. The Bertz CT molecular complexity index is 1190. The summed E-state index contributed by atoms with van der Waals surface area (Å²) in [5, 5.41) is 49.1. The number of ether oxygens (including phenoxy) is 1. The van der Waals surface area contributed by atoms with Crippen LogP contribution in [-0.2, 0) is 11.2 Å². The minimum Gasteiger partial charge on any atom is -0.394 e. The molecule has 1 saturated heterocycles. The van der Waals surface area contributed by atoms with Crippen LogP contribution in [0.2, 0.25) is 0 Å². The van der Waals surface area contributed by atoms with Crippen molar-refractivity contribution in [2.75, 3.05) is 6.61 Å². The number of benzene rings is 2. The van der Waals surface area contributed by atoms with Gasteiger partial charge in [-0.25, -0.2) is 4.39 Å². The second-order valence-corrected chi connectivity index (χ2v) is 9.35. The Labute approximate surface area is 194 Å². The molecule has 6 nitrogen and oxygen atoms in total. The molecule has 0 saturated carbocycles. The first-order chi connectivity index (χ1) is 15.8. The molecule has 0 radical (unpaired) electrons. The van der Waals surface area contributed by atoms with Gasteiger partial charge in [-0.15, -0.1) is 11.3 Å². The molecule has 5 atom stereocenters. The lowest BCUT2D eigenvalue weighted by molar-refractivity contribution is -0.231. The molecule has 0 aliphatic carbocycles. The van der Waals surface area contributed by atoms with E-state index in [4.69, 9.17) is 10.00 Å². The van der Waals surface area contributed by atoms with Crippen LogP contribution < -0.4 is 0 Å². The Hall–Kier alpha value is -2.64. The summed E-state index contributed by atoms with van der Waals surface area (Å²) in [6.45, 7) is 1.50. The predicted molar refractivity (Wildman–Crippen MR) is 121 cm³/mol. The molecule has 3 aromatic rings. The van der Waals surface area contributed by atoms with Gasteiger partial charge >= 0.3 is 0 Å². The van der Waals surface area contributed by atoms with Crippen molar-refractivity contribution in [3.8, 4) is 16.5 Å². The fourth-order valence-electron chi connectivity index (χ4n) is 4.02. The van der Waals surface area contributed by atoms with Crippen LogP contribution in [0.1, 0.15) is 33.2 Å². The summed E-state index contributed by atoms with van der Waals surface area (Å²) < 4.78 is 19.3. The molecule has 0 spiro atoms. The Kier molecular flexibility index (Phi) is 6.91. The highest BCUT2D eigenvalue weighted by molar-refractivity contribution is 7.15. The monoisotopic (exact) mass is 469 g/mol. The van der Waals surface area contributed by atoms with Gasteiger partial charge in [-0.1, -0.05) is 24.3 Å². The summed E-state index contributed by atoms with van der Waals surface area (Å²) in [6.07, 6.45) is -5.41. The van der Waals surface area contributed by atoms with Crippen LogP contribution in [0.4, 0.5) is 4.39 Å². The van der Waals surface area contributed by atoms with Crippen molar-refractivity contribution in [2.45, 2.75) is 43.9 Å². The van der Waals surface area contributed by atoms with Crippen molar-refractivity contribution in [3.63, 3.8) is 0 Å². The lowest BCUT2D eigenvalue weighted by Crippen LogP contribution is -2.55. The number of halogens is 1. The molecule has 1 aliphatic rings. The van der Waals surface area contributed by atoms with Crippen molar-refractivity contribution in [2.24, 2.45) is 0 Å². The minimum absolute atomic E-state index is 0.00512. The van der Waals surface area contributed by atoms with Gasteiger partial charge in [0.15, 0.2) is 0 Å². The van der Waals surface area contributed by atoms with Crippen molar-refractivity contribution in [3.05, 3.63) is 81.5 Å². The zero-order valence-corrected chi connectivity index (χ0v) is 18.7. The topological polar surface area (TPSA) is 114 Å². The van der Waals surface area contributed by atoms with Crippen molar-refractivity contribution < 1.29 is 29.6 Å². The van der Waals surface area contributed by atoms with E-state index < -0.39 is 42.9 Å². The molecule has 2 heterocycles. The molecule has 8 heteroatoms. The molecule has 0 bridgehead atoms. The number of nitriles is 1. The zero-order valence-electron chi connectivity index (χ0n) is 17.9. The van der Waals surface area contributed by atoms with E-state index >= 15 is 0 Å². The third-order valence-corrected chi connectivity index (χ3v) is 7.13. The maximum atomic E-state index is 13.6. The van der Waals surface area contributed by atoms with E-state index in [-0.39, 0.29) is 5.56 Å². The molecule has 4 rings (SSSR count). The van der Waals surface area contributed by atoms with Gasteiger partial charge in [-0.3, -0.25) is 0 Å². The quantitative estimate of drug-likeness (QED) is 0.457. The molecule has 4 N–H and O–H groups in total. The van der Waals surface area contributed by atoms with Crippen LogP contribution in [0.5, 0.6) is 0 Å². The van der Waals surface area contributed by atoms with Gasteiger partial charge in [-0.05, 0) is 53.4 Å². The van der Waals surface area contributed by atoms with Gasteiger partial charge in [0.25, 0.3) is 0 Å². The Morgan fingerprint density at radius 2 is 1.82 bits per heavy atom. The van der Waals surface area contributed by atoms with Crippen LogP contribution in [0.15, 0.2) is 48.5 Å². The highest BCUT2D eigenvalue weighted by atomic mass is 32.1. The van der Waals surface area contributed by atoms with E-state index in [1.54, 1.807) is 23.5 Å².